The molecule has 0 bridgehead atoms. The van der Waals surface area contributed by atoms with Crippen molar-refractivity contribution in [1.82, 2.24) is 4.31 Å². The number of carbonyl (C=O) groups is 1. The van der Waals surface area contributed by atoms with Crippen molar-refractivity contribution in [3.63, 3.8) is 0 Å². The van der Waals surface area contributed by atoms with Crippen molar-refractivity contribution in [1.29, 1.82) is 0 Å². The lowest BCUT2D eigenvalue weighted by Gasteiger charge is -2.27. The summed E-state index contributed by atoms with van der Waals surface area (Å²) in [6.07, 6.45) is 0. The van der Waals surface area contributed by atoms with E-state index in [-0.39, 0.29) is 16.1 Å². The van der Waals surface area contributed by atoms with Gasteiger partial charge in [0.15, 0.2) is 0 Å². The van der Waals surface area contributed by atoms with Crippen LogP contribution in [0.15, 0.2) is 46.2 Å². The van der Waals surface area contributed by atoms with Gasteiger partial charge in [0.2, 0.25) is 15.9 Å². The Morgan fingerprint density at radius 1 is 1.07 bits per heavy atom. The number of thioether (sulfide) groups is 1. The monoisotopic (exact) mass is 448 g/mol. The van der Waals surface area contributed by atoms with Crippen LogP contribution in [0.25, 0.3) is 0 Å². The van der Waals surface area contributed by atoms with Crippen molar-refractivity contribution in [2.24, 2.45) is 0 Å². The van der Waals surface area contributed by atoms with Crippen LogP contribution in [-0.2, 0) is 19.6 Å². The third kappa shape index (κ3) is 5.24. The molecule has 3 rings (SSSR count). The van der Waals surface area contributed by atoms with E-state index in [4.69, 9.17) is 4.74 Å². The number of aryl methyl sites for hydroxylation is 3. The molecule has 1 atom stereocenters. The average Bonchev–Trinajstić information content (AvgIpc) is 2.72. The SMILES string of the molecule is Cc1ccc(C)c(SC(C)C(=O)Nc2ccc(C)c(S(=O)(=O)N3CCOCC3)c2)c1. The molecule has 0 saturated carbocycles. The fourth-order valence-electron chi connectivity index (χ4n) is 3.20. The Labute approximate surface area is 183 Å². The van der Waals surface area contributed by atoms with Gasteiger partial charge in [0.05, 0.1) is 23.4 Å². The van der Waals surface area contributed by atoms with Crippen LogP contribution < -0.4 is 5.32 Å². The largest absolute Gasteiger partial charge is 0.379 e. The molecule has 0 aromatic heterocycles. The molecule has 1 N–H and O–H groups in total. The first kappa shape index (κ1) is 22.8. The van der Waals surface area contributed by atoms with E-state index in [2.05, 4.69) is 11.4 Å². The molecule has 30 heavy (non-hydrogen) atoms. The summed E-state index contributed by atoms with van der Waals surface area (Å²) in [6.45, 7) is 9.11. The molecule has 2 aromatic rings. The van der Waals surface area contributed by atoms with Crippen molar-refractivity contribution in [3.8, 4) is 0 Å². The Morgan fingerprint density at radius 3 is 2.43 bits per heavy atom. The molecule has 1 saturated heterocycles. The van der Waals surface area contributed by atoms with Gasteiger partial charge in [0.25, 0.3) is 0 Å². The van der Waals surface area contributed by atoms with Crippen LogP contribution in [0.5, 0.6) is 0 Å². The van der Waals surface area contributed by atoms with E-state index in [1.807, 2.05) is 32.9 Å². The van der Waals surface area contributed by atoms with Gasteiger partial charge >= 0.3 is 0 Å². The van der Waals surface area contributed by atoms with Crippen LogP contribution in [-0.4, -0.2) is 50.2 Å². The Kier molecular flexibility index (Phi) is 7.23. The van der Waals surface area contributed by atoms with Crippen molar-refractivity contribution in [2.75, 3.05) is 31.6 Å². The minimum Gasteiger partial charge on any atom is -0.379 e. The summed E-state index contributed by atoms with van der Waals surface area (Å²) in [6, 6.07) is 11.2. The Morgan fingerprint density at radius 2 is 1.73 bits per heavy atom. The molecule has 0 aliphatic carbocycles. The minimum absolute atomic E-state index is 0.167. The molecule has 1 unspecified atom stereocenters. The van der Waals surface area contributed by atoms with Crippen molar-refractivity contribution < 1.29 is 17.9 Å². The number of nitrogens with one attached hydrogen (secondary N) is 1. The lowest BCUT2D eigenvalue weighted by atomic mass is 10.2. The van der Waals surface area contributed by atoms with E-state index in [0.717, 1.165) is 16.0 Å². The highest BCUT2D eigenvalue weighted by Crippen LogP contribution is 2.29. The molecule has 2 aromatic carbocycles. The first-order valence-corrected chi connectivity index (χ1v) is 12.2. The topological polar surface area (TPSA) is 75.7 Å². The number of anilines is 1. The number of hydrogen-bond acceptors (Lipinski definition) is 5. The first-order valence-electron chi connectivity index (χ1n) is 9.92. The number of carbonyl (C=O) groups excluding carboxylic acids is 1. The molecular weight excluding hydrogens is 420 g/mol. The zero-order chi connectivity index (χ0) is 21.9. The molecule has 0 radical (unpaired) electrons. The van der Waals surface area contributed by atoms with Gasteiger partial charge in [0.1, 0.15) is 0 Å². The molecule has 1 aliphatic heterocycles. The van der Waals surface area contributed by atoms with Crippen LogP contribution >= 0.6 is 11.8 Å². The van der Waals surface area contributed by atoms with Gasteiger partial charge in [0, 0.05) is 23.7 Å². The van der Waals surface area contributed by atoms with Crippen molar-refractivity contribution in [2.45, 2.75) is 42.7 Å². The van der Waals surface area contributed by atoms with Gasteiger partial charge in [-0.3, -0.25) is 4.79 Å². The second-order valence-corrected chi connectivity index (χ2v) is 10.8. The van der Waals surface area contributed by atoms with E-state index >= 15 is 0 Å². The Balaban J connectivity index is 1.76. The van der Waals surface area contributed by atoms with Gasteiger partial charge in [-0.25, -0.2) is 8.42 Å². The van der Waals surface area contributed by atoms with Crippen LogP contribution in [0.2, 0.25) is 0 Å². The predicted molar refractivity (Wildman–Crippen MR) is 121 cm³/mol. The summed E-state index contributed by atoms with van der Waals surface area (Å²) in [5.74, 6) is -0.167. The molecule has 162 valence electrons. The maximum absolute atomic E-state index is 13.0. The standard InChI is InChI=1S/C22H28N2O4S2/c1-15-5-6-16(2)20(13-15)29-18(4)22(25)23-19-8-7-17(3)21(14-19)30(26,27)24-9-11-28-12-10-24/h5-8,13-14,18H,9-12H2,1-4H3,(H,23,25). The second-order valence-electron chi connectivity index (χ2n) is 7.52. The van der Waals surface area contributed by atoms with Crippen LogP contribution in [0.1, 0.15) is 23.6 Å². The summed E-state index contributed by atoms with van der Waals surface area (Å²) in [4.78, 5) is 14.0. The smallest absolute Gasteiger partial charge is 0.243 e. The number of nitrogens with zero attached hydrogens (tertiary/aromatic N) is 1. The summed E-state index contributed by atoms with van der Waals surface area (Å²) < 4.78 is 32.8. The highest BCUT2D eigenvalue weighted by atomic mass is 32.2. The normalized spacial score (nSPS) is 16.3. The highest BCUT2D eigenvalue weighted by Gasteiger charge is 2.28. The van der Waals surface area contributed by atoms with Crippen molar-refractivity contribution >= 4 is 33.4 Å². The lowest BCUT2D eigenvalue weighted by Crippen LogP contribution is -2.40. The van der Waals surface area contributed by atoms with Gasteiger partial charge in [-0.2, -0.15) is 4.31 Å². The molecule has 1 heterocycles. The molecule has 0 spiro atoms. The van der Waals surface area contributed by atoms with E-state index in [1.165, 1.54) is 16.1 Å². The number of rotatable bonds is 6. The lowest BCUT2D eigenvalue weighted by molar-refractivity contribution is -0.115. The Hall–Kier alpha value is -1.87. The quantitative estimate of drug-likeness (QED) is 0.681. The minimum atomic E-state index is -3.63. The first-order chi connectivity index (χ1) is 14.2. The molecule has 8 heteroatoms. The summed E-state index contributed by atoms with van der Waals surface area (Å²) >= 11 is 1.49. The zero-order valence-electron chi connectivity index (χ0n) is 17.8. The number of sulfonamides is 1. The molecule has 1 amide bonds. The number of amides is 1. The van der Waals surface area contributed by atoms with Crippen molar-refractivity contribution in [3.05, 3.63) is 53.1 Å². The third-order valence-corrected chi connectivity index (χ3v) is 8.36. The highest BCUT2D eigenvalue weighted by molar-refractivity contribution is 8.00. The van der Waals surface area contributed by atoms with E-state index in [9.17, 15) is 13.2 Å². The summed E-state index contributed by atoms with van der Waals surface area (Å²) in [5.41, 5.74) is 3.40. The number of morpholine rings is 1. The number of hydrogen-bond donors (Lipinski definition) is 1. The van der Waals surface area contributed by atoms with Crippen LogP contribution in [0, 0.1) is 20.8 Å². The second kappa shape index (κ2) is 9.51. The van der Waals surface area contributed by atoms with Crippen LogP contribution in [0.3, 0.4) is 0 Å². The van der Waals surface area contributed by atoms with Gasteiger partial charge < -0.3 is 10.1 Å². The predicted octanol–water partition coefficient (Wildman–Crippen LogP) is 3.75. The molecular formula is C22H28N2O4S2. The van der Waals surface area contributed by atoms with Gasteiger partial charge in [-0.1, -0.05) is 23.8 Å². The van der Waals surface area contributed by atoms with Gasteiger partial charge in [-0.05, 0) is 57.0 Å². The maximum atomic E-state index is 13.0. The third-order valence-electron chi connectivity index (χ3n) is 5.06. The fraction of sp³-hybridized carbons (Fsp3) is 0.409. The molecule has 1 fully saturated rings. The number of ether oxygens (including phenoxy) is 1. The maximum Gasteiger partial charge on any atom is 0.243 e. The molecule has 6 nitrogen and oxygen atoms in total. The van der Waals surface area contributed by atoms with E-state index in [0.29, 0.717) is 37.6 Å². The Bertz CT molecular complexity index is 1030. The van der Waals surface area contributed by atoms with E-state index < -0.39 is 10.0 Å². The summed E-state index contributed by atoms with van der Waals surface area (Å²) in [5, 5.41) is 2.54. The fourth-order valence-corrected chi connectivity index (χ4v) is 5.92. The summed E-state index contributed by atoms with van der Waals surface area (Å²) in [7, 11) is -3.63. The molecule has 1 aliphatic rings. The van der Waals surface area contributed by atoms with Crippen LogP contribution in [0.4, 0.5) is 5.69 Å². The van der Waals surface area contributed by atoms with Gasteiger partial charge in [-0.15, -0.1) is 11.8 Å². The zero-order valence-corrected chi connectivity index (χ0v) is 19.4. The van der Waals surface area contributed by atoms with E-state index in [1.54, 1.807) is 25.1 Å². The average molecular weight is 449 g/mol. The number of benzene rings is 2.